The number of amides is 2. The largest absolute Gasteiger partial charge is 0.378 e. The van der Waals surface area contributed by atoms with Gasteiger partial charge < -0.3 is 15.1 Å². The van der Waals surface area contributed by atoms with Crippen molar-refractivity contribution in [3.8, 4) is 0 Å². The lowest BCUT2D eigenvalue weighted by atomic mass is 9.97. The Morgan fingerprint density at radius 2 is 1.51 bits per heavy atom. The molecule has 0 spiro atoms. The smallest absolute Gasteiger partial charge is 0.251 e. The number of rotatable bonds is 10. The Balaban J connectivity index is 1.55. The molecule has 5 aromatic rings. The second-order valence-electron chi connectivity index (χ2n) is 11.0. The molecule has 0 aliphatic carbocycles. The van der Waals surface area contributed by atoms with Gasteiger partial charge in [0.05, 0.1) is 5.52 Å². The SMILES string of the molecule is CC(C)c1ccc(C(C(=O)Nc2ccc(N(C)C)cc2)N(Cc2ccc(Cl)cc2)C(=O)Cn2nnc3ccccc32)cc1. The number of nitrogens with one attached hydrogen (secondary N) is 1. The molecule has 0 aliphatic heterocycles. The van der Waals surface area contributed by atoms with Crippen molar-refractivity contribution in [1.29, 1.82) is 0 Å². The fourth-order valence-corrected chi connectivity index (χ4v) is 5.08. The second kappa shape index (κ2) is 13.1. The summed E-state index contributed by atoms with van der Waals surface area (Å²) in [5.41, 5.74) is 5.78. The van der Waals surface area contributed by atoms with Crippen molar-refractivity contribution in [1.82, 2.24) is 19.9 Å². The van der Waals surface area contributed by atoms with E-state index < -0.39 is 6.04 Å². The maximum Gasteiger partial charge on any atom is 0.251 e. The summed E-state index contributed by atoms with van der Waals surface area (Å²) in [6.45, 7) is 4.34. The van der Waals surface area contributed by atoms with Gasteiger partial charge >= 0.3 is 0 Å². The van der Waals surface area contributed by atoms with Crippen molar-refractivity contribution in [2.24, 2.45) is 0 Å². The highest BCUT2D eigenvalue weighted by Crippen LogP contribution is 2.29. The topological polar surface area (TPSA) is 83.4 Å². The highest BCUT2D eigenvalue weighted by Gasteiger charge is 2.32. The quantitative estimate of drug-likeness (QED) is 0.195. The molecule has 1 aromatic heterocycles. The van der Waals surface area contributed by atoms with Gasteiger partial charge in [-0.3, -0.25) is 9.59 Å². The fourth-order valence-electron chi connectivity index (χ4n) is 4.95. The normalized spacial score (nSPS) is 11.9. The Kier molecular flexibility index (Phi) is 9.07. The highest BCUT2D eigenvalue weighted by atomic mass is 35.5. The van der Waals surface area contributed by atoms with Crippen LogP contribution in [0.15, 0.2) is 97.1 Å². The number of carbonyl (C=O) groups excluding carboxylic acids is 2. The van der Waals surface area contributed by atoms with E-state index in [1.54, 1.807) is 21.7 Å². The Labute approximate surface area is 256 Å². The highest BCUT2D eigenvalue weighted by molar-refractivity contribution is 6.30. The zero-order valence-corrected chi connectivity index (χ0v) is 25.5. The summed E-state index contributed by atoms with van der Waals surface area (Å²) >= 11 is 6.16. The van der Waals surface area contributed by atoms with E-state index >= 15 is 0 Å². The molecule has 4 aromatic carbocycles. The van der Waals surface area contributed by atoms with Gasteiger partial charge in [-0.1, -0.05) is 79.2 Å². The summed E-state index contributed by atoms with van der Waals surface area (Å²) < 4.78 is 1.57. The number of nitrogens with zero attached hydrogens (tertiary/aromatic N) is 5. The van der Waals surface area contributed by atoms with Gasteiger partial charge in [-0.25, -0.2) is 4.68 Å². The van der Waals surface area contributed by atoms with Crippen molar-refractivity contribution in [2.45, 2.75) is 38.9 Å². The minimum atomic E-state index is -0.923. The molecule has 1 unspecified atom stereocenters. The van der Waals surface area contributed by atoms with Gasteiger partial charge in [-0.2, -0.15) is 0 Å². The molecule has 0 saturated carbocycles. The van der Waals surface area contributed by atoms with E-state index in [9.17, 15) is 9.59 Å². The lowest BCUT2D eigenvalue weighted by Crippen LogP contribution is -2.42. The number of hydrogen-bond acceptors (Lipinski definition) is 5. The van der Waals surface area contributed by atoms with Crippen molar-refractivity contribution in [3.05, 3.63) is 119 Å². The summed E-state index contributed by atoms with van der Waals surface area (Å²) in [5, 5.41) is 12.1. The number of aromatic nitrogens is 3. The minimum absolute atomic E-state index is 0.0838. The Bertz CT molecular complexity index is 1700. The van der Waals surface area contributed by atoms with Crippen LogP contribution < -0.4 is 10.2 Å². The molecular formula is C34H35ClN6O2. The molecular weight excluding hydrogens is 560 g/mol. The number of fused-ring (bicyclic) bond motifs is 1. The number of benzene rings is 4. The first-order valence-electron chi connectivity index (χ1n) is 14.2. The monoisotopic (exact) mass is 594 g/mol. The van der Waals surface area contributed by atoms with Crippen LogP contribution in [0.1, 0.15) is 42.5 Å². The van der Waals surface area contributed by atoms with Crippen LogP contribution in [0.3, 0.4) is 0 Å². The zero-order valence-electron chi connectivity index (χ0n) is 24.7. The van der Waals surface area contributed by atoms with E-state index in [1.165, 1.54) is 0 Å². The van der Waals surface area contributed by atoms with Crippen LogP contribution in [0.5, 0.6) is 0 Å². The van der Waals surface area contributed by atoms with Crippen LogP contribution in [0.4, 0.5) is 11.4 Å². The molecule has 1 heterocycles. The summed E-state index contributed by atoms with van der Waals surface area (Å²) in [5.74, 6) is -0.272. The molecule has 8 nitrogen and oxygen atoms in total. The third-order valence-corrected chi connectivity index (χ3v) is 7.67. The van der Waals surface area contributed by atoms with Gasteiger partial charge in [0.2, 0.25) is 5.91 Å². The Morgan fingerprint density at radius 1 is 0.860 bits per heavy atom. The minimum Gasteiger partial charge on any atom is -0.378 e. The van der Waals surface area contributed by atoms with E-state index in [-0.39, 0.29) is 24.9 Å². The van der Waals surface area contributed by atoms with E-state index in [4.69, 9.17) is 11.6 Å². The van der Waals surface area contributed by atoms with Crippen LogP contribution in [-0.4, -0.2) is 45.8 Å². The molecule has 43 heavy (non-hydrogen) atoms. The molecule has 2 amide bonds. The van der Waals surface area contributed by atoms with Crippen molar-refractivity contribution in [2.75, 3.05) is 24.3 Å². The molecule has 220 valence electrons. The van der Waals surface area contributed by atoms with Gasteiger partial charge in [0.15, 0.2) is 0 Å². The number of halogens is 1. The zero-order chi connectivity index (χ0) is 30.5. The average Bonchev–Trinajstić information content (AvgIpc) is 3.41. The average molecular weight is 595 g/mol. The van der Waals surface area contributed by atoms with Gasteiger partial charge in [0.25, 0.3) is 5.91 Å². The molecule has 5 rings (SSSR count). The third-order valence-electron chi connectivity index (χ3n) is 7.42. The Morgan fingerprint density at radius 3 is 2.16 bits per heavy atom. The molecule has 0 aliphatic rings. The van der Waals surface area contributed by atoms with Gasteiger partial charge in [-0.15, -0.1) is 5.10 Å². The maximum atomic E-state index is 14.2. The molecule has 0 bridgehead atoms. The number of anilines is 2. The van der Waals surface area contributed by atoms with E-state index in [0.717, 1.165) is 22.3 Å². The van der Waals surface area contributed by atoms with Gasteiger partial charge in [0, 0.05) is 37.0 Å². The summed E-state index contributed by atoms with van der Waals surface area (Å²) in [6, 6.07) is 29.3. The standard InChI is InChI=1S/C34H35ClN6O2/c1-23(2)25-11-13-26(14-12-25)33(34(43)36-28-17-19-29(20-18-28)39(3)4)40(21-24-9-15-27(35)16-10-24)32(42)22-41-31-8-6-5-7-30(31)37-38-41/h5-20,23,33H,21-22H2,1-4H3,(H,36,43). The van der Waals surface area contributed by atoms with Crippen LogP contribution in [0.2, 0.25) is 5.02 Å². The van der Waals surface area contributed by atoms with Crippen LogP contribution >= 0.6 is 11.6 Å². The predicted molar refractivity (Wildman–Crippen MR) is 172 cm³/mol. The molecule has 0 radical (unpaired) electrons. The summed E-state index contributed by atoms with van der Waals surface area (Å²) in [6.07, 6.45) is 0. The molecule has 9 heteroatoms. The van der Waals surface area contributed by atoms with Crippen LogP contribution in [0, 0.1) is 0 Å². The first-order valence-corrected chi connectivity index (χ1v) is 14.6. The van der Waals surface area contributed by atoms with Crippen molar-refractivity contribution in [3.63, 3.8) is 0 Å². The molecule has 0 fully saturated rings. The number of carbonyl (C=O) groups is 2. The molecule has 0 saturated heterocycles. The number of para-hydroxylation sites is 1. The lowest BCUT2D eigenvalue weighted by molar-refractivity contribution is -0.140. The Hall–Kier alpha value is -4.69. The van der Waals surface area contributed by atoms with Crippen molar-refractivity contribution < 1.29 is 9.59 Å². The first-order chi connectivity index (χ1) is 20.7. The van der Waals surface area contributed by atoms with E-state index in [0.29, 0.717) is 27.7 Å². The molecule has 1 atom stereocenters. The van der Waals surface area contributed by atoms with Crippen LogP contribution in [-0.2, 0) is 22.7 Å². The molecule has 1 N–H and O–H groups in total. The number of hydrogen-bond donors (Lipinski definition) is 1. The summed E-state index contributed by atoms with van der Waals surface area (Å²) in [7, 11) is 3.92. The first kappa shape index (κ1) is 29.8. The van der Waals surface area contributed by atoms with E-state index in [2.05, 4.69) is 29.5 Å². The fraction of sp³-hybridized carbons (Fsp3) is 0.235. The van der Waals surface area contributed by atoms with E-state index in [1.807, 2.05) is 104 Å². The predicted octanol–water partition coefficient (Wildman–Crippen LogP) is 6.68. The maximum absolute atomic E-state index is 14.2. The second-order valence-corrected chi connectivity index (χ2v) is 11.5. The third kappa shape index (κ3) is 7.04. The summed E-state index contributed by atoms with van der Waals surface area (Å²) in [4.78, 5) is 32.0. The van der Waals surface area contributed by atoms with Crippen molar-refractivity contribution >= 4 is 45.8 Å². The van der Waals surface area contributed by atoms with Crippen LogP contribution in [0.25, 0.3) is 11.0 Å². The van der Waals surface area contributed by atoms with Gasteiger partial charge in [0.1, 0.15) is 18.1 Å². The lowest BCUT2D eigenvalue weighted by Gasteiger charge is -2.32. The van der Waals surface area contributed by atoms with Gasteiger partial charge in [-0.05, 0) is 71.1 Å².